The summed E-state index contributed by atoms with van der Waals surface area (Å²) >= 11 is 0. The van der Waals surface area contributed by atoms with Crippen LogP contribution in [-0.4, -0.2) is 26.9 Å². The number of hydrogen-bond donors (Lipinski definition) is 2. The van der Waals surface area contributed by atoms with Crippen LogP contribution in [0, 0.1) is 0 Å². The van der Waals surface area contributed by atoms with Crippen LogP contribution in [0.25, 0.3) is 22.0 Å². The summed E-state index contributed by atoms with van der Waals surface area (Å²) in [7, 11) is 0. The van der Waals surface area contributed by atoms with Gasteiger partial charge in [0, 0.05) is 23.8 Å². The van der Waals surface area contributed by atoms with Crippen LogP contribution >= 0.6 is 0 Å². The normalized spacial score (nSPS) is 13.8. The Morgan fingerprint density at radius 2 is 1.85 bits per heavy atom. The number of fused-ring (bicyclic) bond motifs is 2. The van der Waals surface area contributed by atoms with E-state index in [1.54, 1.807) is 4.90 Å². The summed E-state index contributed by atoms with van der Waals surface area (Å²) in [6.07, 6.45) is 4.69. The molecule has 0 saturated heterocycles. The zero-order chi connectivity index (χ0) is 23.1. The van der Waals surface area contributed by atoms with E-state index in [2.05, 4.69) is 21.5 Å². The molecule has 166 valence electrons. The molecule has 2 aromatic heterocycles. The van der Waals surface area contributed by atoms with Crippen LogP contribution in [0.5, 0.6) is 0 Å². The lowest BCUT2D eigenvalue weighted by molar-refractivity contribution is -0.120. The van der Waals surface area contributed by atoms with Crippen LogP contribution in [0.4, 0.5) is 5.69 Å². The van der Waals surface area contributed by atoms with Gasteiger partial charge in [0.05, 0.1) is 6.20 Å². The number of carbonyl (C=O) groups excluding carboxylic acids is 2. The number of carbonyl (C=O) groups is 2. The predicted molar refractivity (Wildman–Crippen MR) is 128 cm³/mol. The minimum atomic E-state index is -0.796. The molecular weight excluding hydrogens is 428 g/mol. The molecule has 1 aliphatic rings. The van der Waals surface area contributed by atoms with E-state index in [9.17, 15) is 9.59 Å². The molecule has 2 amide bonds. The summed E-state index contributed by atoms with van der Waals surface area (Å²) in [5.41, 5.74) is 5.75. The van der Waals surface area contributed by atoms with Gasteiger partial charge in [-0.1, -0.05) is 53.7 Å². The largest absolute Gasteiger partial charge is 0.363 e. The van der Waals surface area contributed by atoms with Crippen LogP contribution in [0.15, 0.2) is 96.0 Å². The third kappa shape index (κ3) is 3.44. The van der Waals surface area contributed by atoms with Crippen LogP contribution in [-0.2, 0) is 11.3 Å². The second-order valence-electron chi connectivity index (χ2n) is 8.30. The number of anilines is 1. The highest BCUT2D eigenvalue weighted by atomic mass is 16.5. The lowest BCUT2D eigenvalue weighted by Crippen LogP contribution is -2.37. The molecule has 2 N–H and O–H groups in total. The Hall–Kier alpha value is -4.65. The van der Waals surface area contributed by atoms with Crippen molar-refractivity contribution in [2.45, 2.75) is 12.6 Å². The minimum Gasteiger partial charge on any atom is -0.363 e. The summed E-state index contributed by atoms with van der Waals surface area (Å²) in [5, 5.41) is 7.55. The fourth-order valence-electron chi connectivity index (χ4n) is 4.53. The Balaban J connectivity index is 1.35. The molecule has 5 aromatic rings. The Morgan fingerprint density at radius 1 is 1.03 bits per heavy atom. The molecule has 0 aliphatic carbocycles. The van der Waals surface area contributed by atoms with E-state index >= 15 is 0 Å². The molecule has 34 heavy (non-hydrogen) atoms. The molecule has 0 saturated carbocycles. The molecule has 0 spiro atoms. The van der Waals surface area contributed by atoms with Crippen LogP contribution in [0.1, 0.15) is 27.5 Å². The fraction of sp³-hybridized carbons (Fsp3) is 0.0741. The van der Waals surface area contributed by atoms with Gasteiger partial charge in [0.1, 0.15) is 18.0 Å². The molecule has 6 rings (SSSR count). The Bertz CT molecular complexity index is 1510. The van der Waals surface area contributed by atoms with Crippen molar-refractivity contribution in [3.63, 3.8) is 0 Å². The molecule has 0 radical (unpaired) electrons. The highest BCUT2D eigenvalue weighted by molar-refractivity contribution is 6.04. The van der Waals surface area contributed by atoms with Crippen molar-refractivity contribution >= 4 is 28.4 Å². The van der Waals surface area contributed by atoms with Crippen molar-refractivity contribution in [2.24, 2.45) is 0 Å². The second-order valence-corrected chi connectivity index (χ2v) is 8.30. The van der Waals surface area contributed by atoms with Crippen LogP contribution in [0.3, 0.4) is 0 Å². The standard InChI is InChI=1S/C27H20N4O3/c32-26(30-22-14-29-34-16-22)25(17-4-2-1-3-5-17)31-15-21-7-6-19(13-23(21)27(31)33)18-8-9-24-20(12-18)10-11-28-24/h1-14,16,25,28H,15H2,(H,30,32). The zero-order valence-corrected chi connectivity index (χ0v) is 18.1. The summed E-state index contributed by atoms with van der Waals surface area (Å²) in [5.74, 6) is -0.498. The molecule has 7 nitrogen and oxygen atoms in total. The molecule has 3 heterocycles. The number of nitrogens with one attached hydrogen (secondary N) is 2. The number of amides is 2. The van der Waals surface area contributed by atoms with Crippen molar-refractivity contribution in [1.82, 2.24) is 15.0 Å². The Labute approximate surface area is 195 Å². The maximum atomic E-state index is 13.6. The lowest BCUT2D eigenvalue weighted by atomic mass is 9.99. The first-order valence-electron chi connectivity index (χ1n) is 10.9. The summed E-state index contributed by atoms with van der Waals surface area (Å²) < 4.78 is 4.83. The summed E-state index contributed by atoms with van der Waals surface area (Å²) in [4.78, 5) is 31.7. The van der Waals surface area contributed by atoms with Crippen molar-refractivity contribution in [3.8, 4) is 11.1 Å². The van der Waals surface area contributed by atoms with Crippen molar-refractivity contribution in [1.29, 1.82) is 0 Å². The van der Waals surface area contributed by atoms with Gasteiger partial charge in [0.2, 0.25) is 0 Å². The first kappa shape index (κ1) is 20.0. The lowest BCUT2D eigenvalue weighted by Gasteiger charge is -2.27. The monoisotopic (exact) mass is 448 g/mol. The minimum absolute atomic E-state index is 0.172. The molecule has 3 aromatic carbocycles. The summed E-state index contributed by atoms with van der Waals surface area (Å²) in [6, 6.07) is 22.6. The van der Waals surface area contributed by atoms with Gasteiger partial charge in [-0.2, -0.15) is 0 Å². The molecule has 1 aliphatic heterocycles. The van der Waals surface area contributed by atoms with Gasteiger partial charge in [-0.3, -0.25) is 9.59 Å². The second kappa shape index (κ2) is 8.04. The topological polar surface area (TPSA) is 91.2 Å². The van der Waals surface area contributed by atoms with E-state index < -0.39 is 6.04 Å². The molecule has 7 heteroatoms. The van der Waals surface area contributed by atoms with E-state index in [0.29, 0.717) is 17.8 Å². The quantitative estimate of drug-likeness (QED) is 0.389. The fourth-order valence-corrected chi connectivity index (χ4v) is 4.53. The number of benzene rings is 3. The molecule has 1 atom stereocenters. The number of aromatic nitrogens is 2. The molecule has 0 bridgehead atoms. The average Bonchev–Trinajstić information content (AvgIpc) is 3.61. The van der Waals surface area contributed by atoms with Gasteiger partial charge in [-0.25, -0.2) is 0 Å². The average molecular weight is 448 g/mol. The molecule has 0 fully saturated rings. The van der Waals surface area contributed by atoms with Gasteiger partial charge in [-0.15, -0.1) is 0 Å². The Kier molecular flexibility index (Phi) is 4.73. The maximum absolute atomic E-state index is 13.6. The van der Waals surface area contributed by atoms with E-state index in [-0.39, 0.29) is 11.8 Å². The molecule has 1 unspecified atom stereocenters. The highest BCUT2D eigenvalue weighted by Crippen LogP contribution is 2.35. The first-order chi connectivity index (χ1) is 16.7. The Morgan fingerprint density at radius 3 is 2.68 bits per heavy atom. The van der Waals surface area contributed by atoms with Gasteiger partial charge >= 0.3 is 0 Å². The number of rotatable bonds is 5. The van der Waals surface area contributed by atoms with Crippen molar-refractivity contribution in [2.75, 3.05) is 5.32 Å². The van der Waals surface area contributed by atoms with Gasteiger partial charge in [0.15, 0.2) is 0 Å². The van der Waals surface area contributed by atoms with Gasteiger partial charge in [-0.05, 0) is 51.9 Å². The third-order valence-electron chi connectivity index (χ3n) is 6.20. The number of aromatic amines is 1. The first-order valence-corrected chi connectivity index (χ1v) is 10.9. The van der Waals surface area contributed by atoms with Crippen LogP contribution in [0.2, 0.25) is 0 Å². The maximum Gasteiger partial charge on any atom is 0.255 e. The zero-order valence-electron chi connectivity index (χ0n) is 18.1. The van der Waals surface area contributed by atoms with Crippen molar-refractivity contribution < 1.29 is 14.1 Å². The number of nitrogens with zero attached hydrogens (tertiary/aromatic N) is 2. The van der Waals surface area contributed by atoms with Crippen molar-refractivity contribution in [3.05, 3.63) is 108 Å². The predicted octanol–water partition coefficient (Wildman–Crippen LogP) is 5.16. The highest BCUT2D eigenvalue weighted by Gasteiger charge is 2.37. The SMILES string of the molecule is O=C(Nc1cnoc1)C(c1ccccc1)N1Cc2ccc(-c3ccc4[nH]ccc4c3)cc2C1=O. The third-order valence-corrected chi connectivity index (χ3v) is 6.20. The van der Waals surface area contributed by atoms with Crippen LogP contribution < -0.4 is 5.32 Å². The van der Waals surface area contributed by atoms with Gasteiger partial charge < -0.3 is 19.7 Å². The smallest absolute Gasteiger partial charge is 0.255 e. The van der Waals surface area contributed by atoms with E-state index in [1.807, 2.05) is 72.9 Å². The van der Waals surface area contributed by atoms with E-state index in [1.165, 1.54) is 12.5 Å². The number of H-pyrrole nitrogens is 1. The summed E-state index contributed by atoms with van der Waals surface area (Å²) in [6.45, 7) is 0.349. The van der Waals surface area contributed by atoms with Gasteiger partial charge in [0.25, 0.3) is 11.8 Å². The number of hydrogen-bond acceptors (Lipinski definition) is 4. The van der Waals surface area contributed by atoms with E-state index in [0.717, 1.165) is 33.2 Å². The van der Waals surface area contributed by atoms with E-state index in [4.69, 9.17) is 4.52 Å². The molecular formula is C27H20N4O3.